The van der Waals surface area contributed by atoms with Crippen LogP contribution in [0.25, 0.3) is 0 Å². The van der Waals surface area contributed by atoms with Gasteiger partial charge in [-0.15, -0.1) is 0 Å². The number of rotatable bonds is 13. The number of likely N-dealkylation sites (tertiary alicyclic amines) is 1. The van der Waals surface area contributed by atoms with Crippen LogP contribution in [0.5, 0.6) is 5.75 Å². The smallest absolute Gasteiger partial charge is 0.326 e. The fraction of sp³-hybridized carbons (Fsp3) is 0.600. The Morgan fingerprint density at radius 3 is 2.33 bits per heavy atom. The SMILES string of the molecule is CC(C)C(N)C(=O)N1CCCC1C(=O)NC(CCCCN)C(=O)NC(Cc1ccc(O)cc1)C(=O)O. The van der Waals surface area contributed by atoms with Gasteiger partial charge < -0.3 is 37.2 Å². The van der Waals surface area contributed by atoms with Gasteiger partial charge in [0.1, 0.15) is 23.9 Å². The van der Waals surface area contributed by atoms with Crippen LogP contribution in [0, 0.1) is 5.92 Å². The third-order valence-corrected chi connectivity index (χ3v) is 6.41. The standard InChI is InChI=1S/C25H39N5O6/c1-15(2)21(27)24(34)30-13-5-7-20(30)23(33)28-18(6-3-4-12-26)22(32)29-19(25(35)36)14-16-8-10-17(31)11-9-16/h8-11,15,18-21,31H,3-7,12-14,26-27H2,1-2H3,(H,28,33)(H,29,32)(H,35,36). The van der Waals surface area contributed by atoms with Gasteiger partial charge in [0.25, 0.3) is 0 Å². The number of phenolic OH excluding ortho intramolecular Hbond substituents is 1. The van der Waals surface area contributed by atoms with Crippen LogP contribution in [0.1, 0.15) is 51.5 Å². The molecule has 1 fully saturated rings. The summed E-state index contributed by atoms with van der Waals surface area (Å²) in [4.78, 5) is 52.4. The first kappa shape index (κ1) is 29.1. The maximum Gasteiger partial charge on any atom is 0.326 e. The lowest BCUT2D eigenvalue weighted by Crippen LogP contribution is -2.57. The van der Waals surface area contributed by atoms with Crippen molar-refractivity contribution in [1.29, 1.82) is 0 Å². The fourth-order valence-corrected chi connectivity index (χ4v) is 4.15. The van der Waals surface area contributed by atoms with Crippen molar-refractivity contribution in [2.24, 2.45) is 17.4 Å². The van der Waals surface area contributed by atoms with Crippen LogP contribution in [0.15, 0.2) is 24.3 Å². The summed E-state index contributed by atoms with van der Waals surface area (Å²) in [5.74, 6) is -2.65. The summed E-state index contributed by atoms with van der Waals surface area (Å²) in [5.41, 5.74) is 12.2. The number of aliphatic carboxylic acids is 1. The zero-order valence-corrected chi connectivity index (χ0v) is 21.0. The minimum absolute atomic E-state index is 0.00279. The Balaban J connectivity index is 2.12. The molecule has 1 aromatic carbocycles. The first-order chi connectivity index (χ1) is 17.0. The Bertz CT molecular complexity index is 907. The normalized spacial score (nSPS) is 17.9. The molecule has 11 heteroatoms. The highest BCUT2D eigenvalue weighted by molar-refractivity contribution is 5.94. The molecule has 0 radical (unpaired) electrons. The lowest BCUT2D eigenvalue weighted by Gasteiger charge is -2.29. The number of carboxylic acid groups (broad SMARTS) is 1. The van der Waals surface area contributed by atoms with Crippen molar-refractivity contribution >= 4 is 23.7 Å². The van der Waals surface area contributed by atoms with Crippen LogP contribution in [0.4, 0.5) is 0 Å². The van der Waals surface area contributed by atoms with Crippen molar-refractivity contribution in [3.8, 4) is 5.75 Å². The number of nitrogens with one attached hydrogen (secondary N) is 2. The number of nitrogens with two attached hydrogens (primary N) is 2. The van der Waals surface area contributed by atoms with E-state index in [1.807, 2.05) is 13.8 Å². The zero-order valence-electron chi connectivity index (χ0n) is 21.0. The molecule has 4 unspecified atom stereocenters. The van der Waals surface area contributed by atoms with Gasteiger partial charge in [-0.25, -0.2) is 4.79 Å². The van der Waals surface area contributed by atoms with Crippen molar-refractivity contribution < 1.29 is 29.4 Å². The molecule has 8 N–H and O–H groups in total. The van der Waals surface area contributed by atoms with E-state index in [4.69, 9.17) is 11.5 Å². The Morgan fingerprint density at radius 1 is 1.08 bits per heavy atom. The number of hydrogen-bond donors (Lipinski definition) is 6. The molecule has 0 aromatic heterocycles. The molecular formula is C25H39N5O6. The summed E-state index contributed by atoms with van der Waals surface area (Å²) in [6.45, 7) is 4.50. The lowest BCUT2D eigenvalue weighted by atomic mass is 10.0. The molecule has 1 heterocycles. The molecule has 0 bridgehead atoms. The van der Waals surface area contributed by atoms with E-state index in [9.17, 15) is 29.4 Å². The number of carbonyl (C=O) groups excluding carboxylic acids is 3. The molecule has 1 aliphatic rings. The van der Waals surface area contributed by atoms with Crippen molar-refractivity contribution in [2.45, 2.75) is 76.5 Å². The number of benzene rings is 1. The van der Waals surface area contributed by atoms with Crippen molar-refractivity contribution in [2.75, 3.05) is 13.1 Å². The average molecular weight is 506 g/mol. The van der Waals surface area contributed by atoms with Crippen LogP contribution in [0.3, 0.4) is 0 Å². The highest BCUT2D eigenvalue weighted by atomic mass is 16.4. The van der Waals surface area contributed by atoms with Gasteiger partial charge >= 0.3 is 5.97 Å². The lowest BCUT2D eigenvalue weighted by molar-refractivity contribution is -0.143. The largest absolute Gasteiger partial charge is 0.508 e. The van der Waals surface area contributed by atoms with E-state index in [2.05, 4.69) is 10.6 Å². The summed E-state index contributed by atoms with van der Waals surface area (Å²) in [7, 11) is 0. The predicted octanol–water partition coefficient (Wildman–Crippen LogP) is 0.0922. The zero-order chi connectivity index (χ0) is 26.8. The Labute approximate surface area is 211 Å². The predicted molar refractivity (Wildman–Crippen MR) is 134 cm³/mol. The monoisotopic (exact) mass is 505 g/mol. The molecule has 11 nitrogen and oxygen atoms in total. The van der Waals surface area contributed by atoms with E-state index in [-0.39, 0.29) is 30.4 Å². The summed E-state index contributed by atoms with van der Waals surface area (Å²) in [6, 6.07) is 2.35. The number of carboxylic acids is 1. The quantitative estimate of drug-likeness (QED) is 0.203. The maximum atomic E-state index is 13.2. The minimum Gasteiger partial charge on any atom is -0.508 e. The second-order valence-corrected chi connectivity index (χ2v) is 9.58. The molecular weight excluding hydrogens is 466 g/mol. The first-order valence-corrected chi connectivity index (χ1v) is 12.4. The average Bonchev–Trinajstić information content (AvgIpc) is 3.33. The Kier molecular flexibility index (Phi) is 11.1. The molecule has 0 saturated carbocycles. The van der Waals surface area contributed by atoms with Gasteiger partial charge in [-0.05, 0) is 62.3 Å². The number of hydrogen-bond acceptors (Lipinski definition) is 7. The van der Waals surface area contributed by atoms with E-state index < -0.39 is 42.0 Å². The van der Waals surface area contributed by atoms with Gasteiger partial charge in [0.05, 0.1) is 6.04 Å². The number of carbonyl (C=O) groups is 4. The van der Waals surface area contributed by atoms with Crippen molar-refractivity contribution in [3.63, 3.8) is 0 Å². The molecule has 36 heavy (non-hydrogen) atoms. The fourth-order valence-electron chi connectivity index (χ4n) is 4.15. The van der Waals surface area contributed by atoms with E-state index >= 15 is 0 Å². The Morgan fingerprint density at radius 2 is 1.75 bits per heavy atom. The van der Waals surface area contributed by atoms with Crippen LogP contribution in [-0.2, 0) is 25.6 Å². The van der Waals surface area contributed by atoms with Gasteiger partial charge in [-0.1, -0.05) is 26.0 Å². The molecule has 1 aromatic rings. The van der Waals surface area contributed by atoms with E-state index in [0.29, 0.717) is 44.3 Å². The maximum absolute atomic E-state index is 13.2. The first-order valence-electron chi connectivity index (χ1n) is 12.4. The molecule has 0 aliphatic carbocycles. The molecule has 4 atom stereocenters. The van der Waals surface area contributed by atoms with Gasteiger partial charge in [0.15, 0.2) is 0 Å². The highest BCUT2D eigenvalue weighted by Gasteiger charge is 2.38. The van der Waals surface area contributed by atoms with Gasteiger partial charge in [0, 0.05) is 13.0 Å². The number of phenols is 1. The highest BCUT2D eigenvalue weighted by Crippen LogP contribution is 2.20. The second kappa shape index (κ2) is 13.8. The molecule has 0 spiro atoms. The summed E-state index contributed by atoms with van der Waals surface area (Å²) >= 11 is 0. The molecule has 1 aliphatic heterocycles. The number of unbranched alkanes of at least 4 members (excludes halogenated alkanes) is 1. The Hall–Kier alpha value is -3.18. The van der Waals surface area contributed by atoms with E-state index in [1.165, 1.54) is 17.0 Å². The van der Waals surface area contributed by atoms with Crippen LogP contribution in [0.2, 0.25) is 0 Å². The topological polar surface area (TPSA) is 188 Å². The van der Waals surface area contributed by atoms with E-state index in [1.54, 1.807) is 12.1 Å². The molecule has 200 valence electrons. The van der Waals surface area contributed by atoms with Crippen LogP contribution >= 0.6 is 0 Å². The van der Waals surface area contributed by atoms with Crippen LogP contribution in [-0.4, -0.2) is 76.1 Å². The van der Waals surface area contributed by atoms with Crippen LogP contribution < -0.4 is 22.1 Å². The summed E-state index contributed by atoms with van der Waals surface area (Å²) in [6.07, 6.45) is 2.56. The van der Waals surface area contributed by atoms with Crippen molar-refractivity contribution in [1.82, 2.24) is 15.5 Å². The number of nitrogens with zero attached hydrogens (tertiary/aromatic N) is 1. The molecule has 3 amide bonds. The van der Waals surface area contributed by atoms with E-state index in [0.717, 1.165) is 0 Å². The molecule has 1 saturated heterocycles. The third kappa shape index (κ3) is 8.20. The minimum atomic E-state index is -1.23. The van der Waals surface area contributed by atoms with Gasteiger partial charge in [-0.2, -0.15) is 0 Å². The van der Waals surface area contributed by atoms with Crippen molar-refractivity contribution in [3.05, 3.63) is 29.8 Å². The number of amides is 3. The number of aromatic hydroxyl groups is 1. The summed E-state index contributed by atoms with van der Waals surface area (Å²) in [5, 5.41) is 24.4. The third-order valence-electron chi connectivity index (χ3n) is 6.41. The van der Waals surface area contributed by atoms with Gasteiger partial charge in [0.2, 0.25) is 17.7 Å². The second-order valence-electron chi connectivity index (χ2n) is 9.58. The van der Waals surface area contributed by atoms with Gasteiger partial charge in [-0.3, -0.25) is 14.4 Å². The molecule has 2 rings (SSSR count). The summed E-state index contributed by atoms with van der Waals surface area (Å²) < 4.78 is 0.